The first-order valence-electron chi connectivity index (χ1n) is 7.24. The highest BCUT2D eigenvalue weighted by atomic mass is 32.2. The minimum atomic E-state index is -3.59. The quantitative estimate of drug-likeness (QED) is 0.857. The molecule has 0 aromatic heterocycles. The lowest BCUT2D eigenvalue weighted by molar-refractivity contribution is -0.120. The Morgan fingerprint density at radius 2 is 2.18 bits per heavy atom. The van der Waals surface area contributed by atoms with Gasteiger partial charge >= 0.3 is 0 Å². The molecule has 1 heterocycles. The molecule has 0 saturated carbocycles. The second-order valence-corrected chi connectivity index (χ2v) is 7.78. The molecule has 1 N–H and O–H groups in total. The van der Waals surface area contributed by atoms with E-state index in [1.54, 1.807) is 18.2 Å². The van der Waals surface area contributed by atoms with Crippen LogP contribution in [-0.4, -0.2) is 38.0 Å². The zero-order valence-electron chi connectivity index (χ0n) is 12.4. The van der Waals surface area contributed by atoms with Crippen LogP contribution in [0, 0.1) is 5.82 Å². The largest absolute Gasteiger partial charge is 0.377 e. The smallest absolute Gasteiger partial charge is 0.238 e. The van der Waals surface area contributed by atoms with E-state index in [0.717, 1.165) is 6.42 Å². The molecule has 1 fully saturated rings. The van der Waals surface area contributed by atoms with Gasteiger partial charge in [-0.05, 0) is 25.8 Å². The van der Waals surface area contributed by atoms with Gasteiger partial charge in [-0.2, -0.15) is 0 Å². The van der Waals surface area contributed by atoms with Gasteiger partial charge in [0.1, 0.15) is 11.1 Å². The summed E-state index contributed by atoms with van der Waals surface area (Å²) in [4.78, 5) is 12.0. The van der Waals surface area contributed by atoms with E-state index in [9.17, 15) is 17.6 Å². The van der Waals surface area contributed by atoms with Crippen molar-refractivity contribution in [1.82, 2.24) is 5.32 Å². The molecule has 0 bridgehead atoms. The van der Waals surface area contributed by atoms with Gasteiger partial charge in [0.2, 0.25) is 5.91 Å². The van der Waals surface area contributed by atoms with E-state index >= 15 is 0 Å². The van der Waals surface area contributed by atoms with Gasteiger partial charge in [-0.15, -0.1) is 0 Å². The topological polar surface area (TPSA) is 72.5 Å². The Morgan fingerprint density at radius 3 is 2.82 bits per heavy atom. The van der Waals surface area contributed by atoms with Crippen LogP contribution in [0.3, 0.4) is 0 Å². The summed E-state index contributed by atoms with van der Waals surface area (Å²) in [6.45, 7) is 1.88. The first kappa shape index (κ1) is 16.9. The molecule has 0 aliphatic carbocycles. The predicted octanol–water partition coefficient (Wildman–Crippen LogP) is 1.42. The summed E-state index contributed by atoms with van der Waals surface area (Å²) < 4.78 is 43.1. The van der Waals surface area contributed by atoms with Crippen LogP contribution in [0.5, 0.6) is 0 Å². The van der Waals surface area contributed by atoms with E-state index in [2.05, 4.69) is 5.32 Å². The van der Waals surface area contributed by atoms with Gasteiger partial charge in [0.25, 0.3) is 0 Å². The number of halogens is 1. The maximum absolute atomic E-state index is 13.5. The van der Waals surface area contributed by atoms with Crippen LogP contribution >= 0.6 is 0 Å². The number of nitrogens with one attached hydrogen (secondary N) is 1. The second-order valence-electron chi connectivity index (χ2n) is 5.42. The van der Waals surface area contributed by atoms with Crippen LogP contribution in [0.15, 0.2) is 24.3 Å². The van der Waals surface area contributed by atoms with Crippen molar-refractivity contribution in [1.29, 1.82) is 0 Å². The van der Waals surface area contributed by atoms with E-state index in [1.807, 2.05) is 0 Å². The zero-order valence-corrected chi connectivity index (χ0v) is 13.2. The fraction of sp³-hybridized carbons (Fsp3) is 0.533. The van der Waals surface area contributed by atoms with E-state index in [4.69, 9.17) is 4.74 Å². The number of benzene rings is 1. The van der Waals surface area contributed by atoms with E-state index < -0.39 is 26.8 Å². The molecule has 5 nitrogen and oxygen atoms in total. The Morgan fingerprint density at radius 1 is 1.45 bits per heavy atom. The van der Waals surface area contributed by atoms with Gasteiger partial charge in [0.05, 0.1) is 11.9 Å². The number of carbonyl (C=O) groups is 1. The molecule has 0 spiro atoms. The number of rotatable bonds is 6. The van der Waals surface area contributed by atoms with Crippen molar-refractivity contribution in [2.45, 2.75) is 37.7 Å². The molecule has 2 atom stereocenters. The molecule has 1 saturated heterocycles. The van der Waals surface area contributed by atoms with Crippen molar-refractivity contribution >= 4 is 15.7 Å². The Hall–Kier alpha value is -1.47. The fourth-order valence-corrected chi connectivity index (χ4v) is 3.79. The maximum Gasteiger partial charge on any atom is 0.238 e. The highest BCUT2D eigenvalue weighted by Gasteiger charge is 2.32. The lowest BCUT2D eigenvalue weighted by Gasteiger charge is -2.16. The third-order valence-electron chi connectivity index (χ3n) is 3.76. The monoisotopic (exact) mass is 329 g/mol. The lowest BCUT2D eigenvalue weighted by atomic mass is 10.2. The summed E-state index contributed by atoms with van der Waals surface area (Å²) in [6.07, 6.45) is 1.21. The third kappa shape index (κ3) is 4.27. The normalized spacial score (nSPS) is 19.8. The molecular formula is C15H20FNO4S. The molecule has 1 aromatic carbocycles. The van der Waals surface area contributed by atoms with Gasteiger partial charge < -0.3 is 10.1 Å². The fourth-order valence-electron chi connectivity index (χ4n) is 2.31. The Labute approximate surface area is 129 Å². The van der Waals surface area contributed by atoms with Gasteiger partial charge in [-0.1, -0.05) is 18.2 Å². The van der Waals surface area contributed by atoms with Crippen molar-refractivity contribution in [2.24, 2.45) is 0 Å². The minimum Gasteiger partial charge on any atom is -0.377 e. The molecular weight excluding hydrogens is 309 g/mol. The number of hydrogen-bond acceptors (Lipinski definition) is 4. The van der Waals surface area contributed by atoms with Gasteiger partial charge in [-0.25, -0.2) is 12.8 Å². The molecule has 1 aromatic rings. The van der Waals surface area contributed by atoms with Gasteiger partial charge in [-0.3, -0.25) is 4.79 Å². The van der Waals surface area contributed by atoms with Crippen LogP contribution in [0.1, 0.15) is 25.3 Å². The molecule has 7 heteroatoms. The van der Waals surface area contributed by atoms with Crippen LogP contribution in [0.4, 0.5) is 4.39 Å². The number of carbonyl (C=O) groups excluding carboxylic acids is 1. The van der Waals surface area contributed by atoms with Crippen molar-refractivity contribution in [2.75, 3.05) is 12.4 Å². The van der Waals surface area contributed by atoms with E-state index in [-0.39, 0.29) is 18.4 Å². The number of sulfone groups is 1. The van der Waals surface area contributed by atoms with Gasteiger partial charge in [0.15, 0.2) is 9.84 Å². The Balaban J connectivity index is 1.92. The van der Waals surface area contributed by atoms with Crippen LogP contribution < -0.4 is 5.32 Å². The number of ether oxygens (including phenoxy) is 1. The van der Waals surface area contributed by atoms with Crippen molar-refractivity contribution in [3.8, 4) is 0 Å². The summed E-state index contributed by atoms with van der Waals surface area (Å²) in [6, 6.07) is 6.04. The van der Waals surface area contributed by atoms with E-state index in [1.165, 1.54) is 13.0 Å². The minimum absolute atomic E-state index is 0.0364. The Bertz CT molecular complexity index is 626. The third-order valence-corrected chi connectivity index (χ3v) is 5.89. The summed E-state index contributed by atoms with van der Waals surface area (Å²) in [5, 5.41) is 1.29. The molecule has 1 amide bonds. The van der Waals surface area contributed by atoms with Crippen molar-refractivity contribution in [3.63, 3.8) is 0 Å². The number of hydrogen-bond donors (Lipinski definition) is 1. The molecule has 122 valence electrons. The van der Waals surface area contributed by atoms with E-state index in [0.29, 0.717) is 18.6 Å². The summed E-state index contributed by atoms with van der Waals surface area (Å²) in [5.74, 6) is -1.21. The maximum atomic E-state index is 13.5. The summed E-state index contributed by atoms with van der Waals surface area (Å²) in [5.41, 5.74) is 0.319. The van der Waals surface area contributed by atoms with Gasteiger partial charge in [0, 0.05) is 18.7 Å². The van der Waals surface area contributed by atoms with Crippen LogP contribution in [0.2, 0.25) is 0 Å². The molecule has 0 unspecified atom stereocenters. The summed E-state index contributed by atoms with van der Waals surface area (Å²) in [7, 11) is -3.59. The standard InChI is InChI=1S/C15H20FNO4S/c1-11(22(19,20)10-13-6-4-8-21-13)15(18)17-9-12-5-2-3-7-14(12)16/h2-3,5,7,11,13H,4,6,8-10H2,1H3,(H,17,18)/t11-,13+/m1/s1. The van der Waals surface area contributed by atoms with Crippen molar-refractivity contribution in [3.05, 3.63) is 35.6 Å². The summed E-state index contributed by atoms with van der Waals surface area (Å²) >= 11 is 0. The SMILES string of the molecule is C[C@H](C(=O)NCc1ccccc1F)S(=O)(=O)C[C@@H]1CCCO1. The number of amides is 1. The van der Waals surface area contributed by atoms with Crippen LogP contribution in [-0.2, 0) is 25.9 Å². The Kier molecular flexibility index (Phi) is 5.52. The lowest BCUT2D eigenvalue weighted by Crippen LogP contribution is -2.40. The second kappa shape index (κ2) is 7.19. The molecule has 1 aliphatic heterocycles. The predicted molar refractivity (Wildman–Crippen MR) is 80.5 cm³/mol. The molecule has 1 aliphatic rings. The highest BCUT2D eigenvalue weighted by molar-refractivity contribution is 7.92. The van der Waals surface area contributed by atoms with Crippen LogP contribution in [0.25, 0.3) is 0 Å². The highest BCUT2D eigenvalue weighted by Crippen LogP contribution is 2.16. The average Bonchev–Trinajstić information content (AvgIpc) is 2.97. The molecule has 22 heavy (non-hydrogen) atoms. The average molecular weight is 329 g/mol. The first-order valence-corrected chi connectivity index (χ1v) is 8.96. The molecule has 0 radical (unpaired) electrons. The zero-order chi connectivity index (χ0) is 16.2. The molecule has 2 rings (SSSR count). The first-order chi connectivity index (χ1) is 10.4. The van der Waals surface area contributed by atoms with Crippen molar-refractivity contribution < 1.29 is 22.3 Å².